The molecule has 5 saturated heterocycles. The van der Waals surface area contributed by atoms with E-state index >= 15 is 0 Å². The molecule has 8 fully saturated rings. The largest absolute Gasteiger partial charge is 0.496 e. The van der Waals surface area contributed by atoms with Crippen LogP contribution in [0.3, 0.4) is 0 Å². The lowest BCUT2D eigenvalue weighted by Crippen LogP contribution is -2.40. The van der Waals surface area contributed by atoms with E-state index in [4.69, 9.17) is 74.7 Å². The molecular formula is C109H132N18O9. The fourth-order valence-electron chi connectivity index (χ4n) is 19.6. The van der Waals surface area contributed by atoms with Gasteiger partial charge in [-0.25, -0.2) is 34.9 Å². The molecule has 0 bridgehead atoms. The van der Waals surface area contributed by atoms with Gasteiger partial charge in [0.05, 0.1) is 89.7 Å². The maximum Gasteiger partial charge on any atom is 0.319 e. The molecule has 0 spiro atoms. The Labute approximate surface area is 800 Å². The van der Waals surface area contributed by atoms with Gasteiger partial charge in [-0.15, -0.1) is 6.42 Å². The summed E-state index contributed by atoms with van der Waals surface area (Å²) in [6.45, 7) is 15.0. The predicted octanol–water partition coefficient (Wildman–Crippen LogP) is 16.1. The van der Waals surface area contributed by atoms with Gasteiger partial charge in [0.1, 0.15) is 64.0 Å². The number of morpholine rings is 1. The highest BCUT2D eigenvalue weighted by Crippen LogP contribution is 2.46. The van der Waals surface area contributed by atoms with E-state index in [2.05, 4.69) is 166 Å². The summed E-state index contributed by atoms with van der Waals surface area (Å²) in [5.74, 6) is 22.8. The van der Waals surface area contributed by atoms with Crippen molar-refractivity contribution >= 4 is 89.8 Å². The van der Waals surface area contributed by atoms with E-state index in [0.717, 1.165) is 275 Å². The molecule has 8 aliphatic rings. The van der Waals surface area contributed by atoms with Gasteiger partial charge in [0, 0.05) is 177 Å². The van der Waals surface area contributed by atoms with Crippen LogP contribution in [0.2, 0.25) is 0 Å². The Morgan fingerprint density at radius 3 is 1.17 bits per heavy atom. The van der Waals surface area contributed by atoms with E-state index in [1.165, 1.54) is 54.4 Å². The topological polar surface area (TPSA) is 261 Å². The minimum absolute atomic E-state index is 0.102. The molecule has 20 rings (SSSR count). The number of piperidine rings is 4. The number of aliphatic hydroxyl groups excluding tert-OH is 3. The smallest absolute Gasteiger partial charge is 0.319 e. The fourth-order valence-corrected chi connectivity index (χ4v) is 19.6. The molecule has 136 heavy (non-hydrogen) atoms. The van der Waals surface area contributed by atoms with E-state index in [1.807, 2.05) is 92.9 Å². The zero-order chi connectivity index (χ0) is 94.0. The Morgan fingerprint density at radius 2 is 0.779 bits per heavy atom. The summed E-state index contributed by atoms with van der Waals surface area (Å²) in [5, 5.41) is 32.2. The molecule has 7 aromatic carbocycles. The summed E-state index contributed by atoms with van der Waals surface area (Å²) in [6.07, 6.45) is 24.3. The van der Waals surface area contributed by atoms with Crippen molar-refractivity contribution in [2.24, 2.45) is 5.92 Å². The van der Waals surface area contributed by atoms with Crippen LogP contribution in [0.4, 0.5) is 46.2 Å². The number of methoxy groups -OCH3 is 4. The van der Waals surface area contributed by atoms with Gasteiger partial charge < -0.3 is 82.9 Å². The average molecular weight is 1840 g/mol. The summed E-state index contributed by atoms with van der Waals surface area (Å²) < 4.78 is 34.1. The van der Waals surface area contributed by atoms with Gasteiger partial charge in [0.15, 0.2) is 0 Å². The summed E-state index contributed by atoms with van der Waals surface area (Å²) in [4.78, 5) is 63.9. The van der Waals surface area contributed by atoms with Crippen molar-refractivity contribution in [1.29, 1.82) is 0 Å². The van der Waals surface area contributed by atoms with E-state index < -0.39 is 0 Å². The summed E-state index contributed by atoms with van der Waals surface area (Å²) >= 11 is 0. The molecule has 0 unspecified atom stereocenters. The number of rotatable bonds is 28. The number of nitrogens with zero attached hydrogens (tertiary/aromatic N) is 18. The predicted molar refractivity (Wildman–Crippen MR) is 544 cm³/mol. The zero-order valence-corrected chi connectivity index (χ0v) is 80.3. The quantitative estimate of drug-likeness (QED) is 0.0385. The number of fused-ring (bicyclic) bond motifs is 4. The number of benzene rings is 7. The summed E-state index contributed by atoms with van der Waals surface area (Å²) in [5.41, 5.74) is 11.9. The molecule has 10 heterocycles. The number of anilines is 8. The Bertz CT molecular complexity index is 6140. The van der Waals surface area contributed by atoms with E-state index in [-0.39, 0.29) is 25.9 Å². The number of aliphatic hydroxyl groups is 3. The summed E-state index contributed by atoms with van der Waals surface area (Å²) in [7, 11) is 15.1. The lowest BCUT2D eigenvalue weighted by atomic mass is 9.88. The number of aromatic nitrogens is 9. The van der Waals surface area contributed by atoms with Crippen LogP contribution in [0.15, 0.2) is 164 Å². The Balaban J connectivity index is 0.000000126. The molecule has 3 aliphatic carbocycles. The Kier molecular flexibility index (Phi) is 31.7. The highest BCUT2D eigenvalue weighted by Gasteiger charge is 2.35. The van der Waals surface area contributed by atoms with Crippen LogP contribution >= 0.6 is 0 Å². The molecule has 3 N–H and O–H groups in total. The first-order valence-corrected chi connectivity index (χ1v) is 48.9. The second-order valence-corrected chi connectivity index (χ2v) is 37.1. The van der Waals surface area contributed by atoms with Gasteiger partial charge in [0.2, 0.25) is 11.6 Å². The molecule has 0 radical (unpaired) electrons. The monoisotopic (exact) mass is 1840 g/mol. The second-order valence-electron chi connectivity index (χ2n) is 37.1. The average Bonchev–Trinajstić information content (AvgIpc) is 1.74. The number of terminal acetylenes is 1. The first-order chi connectivity index (χ1) is 66.6. The third kappa shape index (κ3) is 23.0. The Morgan fingerprint density at radius 1 is 0.390 bits per heavy atom. The minimum atomic E-state index is 0.102. The molecule has 0 amide bonds. The van der Waals surface area contributed by atoms with Crippen molar-refractivity contribution < 1.29 is 43.7 Å². The zero-order valence-electron chi connectivity index (χ0n) is 80.3. The van der Waals surface area contributed by atoms with Crippen LogP contribution in [0.5, 0.6) is 29.0 Å². The molecule has 5 aromatic heterocycles. The molecule has 0 atom stereocenters. The van der Waals surface area contributed by atoms with Gasteiger partial charge in [0.25, 0.3) is 0 Å². The highest BCUT2D eigenvalue weighted by molar-refractivity contribution is 5.95. The second kappa shape index (κ2) is 45.4. The highest BCUT2D eigenvalue weighted by atomic mass is 16.5. The maximum absolute atomic E-state index is 9.37. The number of hydrogen-bond donors (Lipinski definition) is 3. The molecule has 27 nitrogen and oxygen atoms in total. The van der Waals surface area contributed by atoms with E-state index in [9.17, 15) is 15.3 Å². The van der Waals surface area contributed by atoms with Gasteiger partial charge in [-0.05, 0) is 239 Å². The number of pyridine rings is 1. The number of para-hydroxylation sites is 4. The van der Waals surface area contributed by atoms with Crippen LogP contribution in [0.1, 0.15) is 166 Å². The van der Waals surface area contributed by atoms with Crippen LogP contribution in [0, 0.1) is 30.1 Å². The fraction of sp³-hybridized carbons (Fsp3) is 0.459. The summed E-state index contributed by atoms with van der Waals surface area (Å²) in [6, 6.07) is 54.7. The van der Waals surface area contributed by atoms with E-state index in [1.54, 1.807) is 28.4 Å². The molecule has 712 valence electrons. The van der Waals surface area contributed by atoms with Gasteiger partial charge in [-0.1, -0.05) is 78.7 Å². The van der Waals surface area contributed by atoms with Crippen molar-refractivity contribution in [2.75, 3.05) is 227 Å². The number of likely N-dealkylation sites (N-methyl/N-ethyl adjacent to an activating group) is 4. The number of hydrogen-bond acceptors (Lipinski definition) is 27. The molecular weight excluding hydrogens is 1710 g/mol. The van der Waals surface area contributed by atoms with Gasteiger partial charge in [-0.2, -0.15) is 9.97 Å². The lowest BCUT2D eigenvalue weighted by molar-refractivity contribution is 0.0392. The third-order valence-corrected chi connectivity index (χ3v) is 28.3. The first kappa shape index (κ1) is 95.1. The molecule has 3 saturated carbocycles. The van der Waals surface area contributed by atoms with Crippen molar-refractivity contribution in [2.45, 2.75) is 132 Å². The van der Waals surface area contributed by atoms with Crippen LogP contribution < -0.4 is 62.9 Å². The maximum atomic E-state index is 9.37. The van der Waals surface area contributed by atoms with Gasteiger partial charge in [-0.3, -0.25) is 4.90 Å². The molecule has 5 aliphatic heterocycles. The van der Waals surface area contributed by atoms with Crippen LogP contribution in [0.25, 0.3) is 43.6 Å². The minimum Gasteiger partial charge on any atom is -0.496 e. The standard InChI is InChI=1S/C29H38N6O2.C28H32N4O2.C27H34N4O3.C25H28N4O2/c1-33(13-14-34-15-17-37-18-16-34)27-19-24-25(20-30-27)31-28(22-7-8-22)32-29(24)35-11-9-21(10-12-35)23-5-3-4-6-26(23)36-2;1-31(17-18-33)22-10-11-25-24(19-22)28(30-27(29-25)12-9-20-7-8-20)32-15-13-21(14-16-32)23-5-3-4-6-26(23)34-2;1-30(16-17-32)20-10-11-24-23(18-20)26(29-27(28-24)34-21-6-5-7-21)31-14-12-19(13-15-31)22-8-3-4-9-25(22)33-2;1-4-24-26-22-10-9-19(28(2)15-16-30)17-21(22)25(27-24)29-13-11-18(12-14-29)20-7-5-6-8-23(20)31-3/h3-6,19-22H,7-18H2,1-2H3;3-6,10-11,19-21,33H,7-8,13-18H2,1-2H3;3-4,8-11,18-19,21,32H,5-7,12-17H2,1-2H3;1,5-10,17-18,30H,11-16H2,2-3H3. The van der Waals surface area contributed by atoms with Crippen molar-refractivity contribution in [3.8, 4) is 53.2 Å². The van der Waals surface area contributed by atoms with E-state index in [0.29, 0.717) is 72.8 Å². The SMILES string of the molecule is C#Cc1nc(N2CCC(c3ccccc3OC)CC2)c2cc(N(C)CCO)ccc2n1.COc1ccccc1C1CCN(c2nc(C#CC3CC3)nc3ccc(N(C)CCO)cc23)CC1.COc1ccccc1C1CCN(c2nc(C3CC3)nc3cnc(N(C)CCN4CCOCC4)cc23)CC1.COc1ccccc1C1CCN(c2nc(OC3CCC3)nc3ccc(N(C)CCO)cc23)CC1. The molecule has 12 aromatic rings. The van der Waals surface area contributed by atoms with Crippen molar-refractivity contribution in [3.05, 3.63) is 204 Å². The van der Waals surface area contributed by atoms with Crippen LogP contribution in [-0.2, 0) is 4.74 Å². The number of ether oxygens (including phenoxy) is 6. The van der Waals surface area contributed by atoms with Crippen molar-refractivity contribution in [1.82, 2.24) is 49.8 Å². The third-order valence-electron chi connectivity index (χ3n) is 28.3. The first-order valence-electron chi connectivity index (χ1n) is 48.9. The molecule has 27 heteroatoms. The van der Waals surface area contributed by atoms with Crippen LogP contribution in [-0.4, -0.2) is 259 Å². The van der Waals surface area contributed by atoms with Crippen molar-refractivity contribution in [3.63, 3.8) is 0 Å². The Hall–Kier alpha value is -12.6. The lowest BCUT2D eigenvalue weighted by Gasteiger charge is -2.34. The van der Waals surface area contributed by atoms with Gasteiger partial charge >= 0.3 is 6.01 Å². The normalized spacial score (nSPS) is 16.9.